The third kappa shape index (κ3) is 2.63. The average Bonchev–Trinajstić information content (AvgIpc) is 3.75. The molecule has 0 aliphatic heterocycles. The van der Waals surface area contributed by atoms with E-state index in [1.165, 1.54) is 82.5 Å². The van der Waals surface area contributed by atoms with Gasteiger partial charge in [-0.1, -0.05) is 91.0 Å². The molecule has 10 aromatic rings. The maximum absolute atomic E-state index is 2.45. The van der Waals surface area contributed by atoms with Gasteiger partial charge >= 0.3 is 0 Å². The van der Waals surface area contributed by atoms with Crippen molar-refractivity contribution in [1.82, 2.24) is 13.4 Å². The quantitative estimate of drug-likeness (QED) is 0.215. The number of rotatable bonds is 2. The summed E-state index contributed by atoms with van der Waals surface area (Å²) in [5.74, 6) is 0. The lowest BCUT2D eigenvalue weighted by atomic mass is 10.0. The lowest BCUT2D eigenvalue weighted by Crippen LogP contribution is -1.93. The number of hydrogen-bond acceptors (Lipinski definition) is 0. The molecule has 0 saturated heterocycles. The van der Waals surface area contributed by atoms with Crippen molar-refractivity contribution in [1.29, 1.82) is 0 Å². The molecule has 0 aliphatic carbocycles. The molecular formula is C38H23N3. The molecule has 0 unspecified atom stereocenters. The average molecular weight is 522 g/mol. The van der Waals surface area contributed by atoms with Crippen molar-refractivity contribution in [2.45, 2.75) is 0 Å². The van der Waals surface area contributed by atoms with Crippen molar-refractivity contribution in [3.05, 3.63) is 140 Å². The van der Waals surface area contributed by atoms with E-state index in [9.17, 15) is 0 Å². The van der Waals surface area contributed by atoms with Crippen LogP contribution in [0, 0.1) is 0 Å². The molecule has 0 bridgehead atoms. The zero-order valence-electron chi connectivity index (χ0n) is 22.1. The predicted octanol–water partition coefficient (Wildman–Crippen LogP) is 9.85. The van der Waals surface area contributed by atoms with Gasteiger partial charge in [-0.3, -0.25) is 8.80 Å². The third-order valence-electron chi connectivity index (χ3n) is 8.97. The second kappa shape index (κ2) is 7.56. The number of nitrogens with zero attached hydrogens (tertiary/aromatic N) is 3. The van der Waals surface area contributed by atoms with Crippen LogP contribution >= 0.6 is 0 Å². The number of hydrogen-bond donors (Lipinski definition) is 0. The Kier molecular flexibility index (Phi) is 3.93. The standard InChI is InChI=1S/C38H23N3/c1-4-12-31-27(9-1)28-10-2-5-13-32(28)39(31)26-20-17-24(18-21-26)25-19-22-30-36(23-25)41-35-16-8-7-15-34(35)40-33-14-6-3-11-29(33)37(30)38(40)41/h1-23H. The van der Waals surface area contributed by atoms with Crippen LogP contribution in [0.3, 0.4) is 0 Å². The highest BCUT2D eigenvalue weighted by molar-refractivity contribution is 6.24. The number of imidazole rings is 1. The van der Waals surface area contributed by atoms with Gasteiger partial charge in [0.15, 0.2) is 0 Å². The van der Waals surface area contributed by atoms with E-state index in [1.54, 1.807) is 0 Å². The van der Waals surface area contributed by atoms with Crippen LogP contribution in [-0.2, 0) is 0 Å². The van der Waals surface area contributed by atoms with Gasteiger partial charge in [-0.2, -0.15) is 0 Å². The zero-order valence-corrected chi connectivity index (χ0v) is 22.1. The highest BCUT2D eigenvalue weighted by atomic mass is 15.1. The van der Waals surface area contributed by atoms with Gasteiger partial charge in [0.2, 0.25) is 0 Å². The first-order valence-electron chi connectivity index (χ1n) is 14.1. The van der Waals surface area contributed by atoms with Crippen molar-refractivity contribution in [3.63, 3.8) is 0 Å². The van der Waals surface area contributed by atoms with Crippen LogP contribution in [0.4, 0.5) is 0 Å². The number of fused-ring (bicyclic) bond motifs is 12. The van der Waals surface area contributed by atoms with Crippen molar-refractivity contribution < 1.29 is 0 Å². The summed E-state index contributed by atoms with van der Waals surface area (Å²) in [7, 11) is 0. The van der Waals surface area contributed by atoms with Crippen LogP contribution in [0.1, 0.15) is 0 Å². The van der Waals surface area contributed by atoms with E-state index < -0.39 is 0 Å². The Morgan fingerprint density at radius 2 is 0.829 bits per heavy atom. The van der Waals surface area contributed by atoms with E-state index in [1.807, 2.05) is 0 Å². The summed E-state index contributed by atoms with van der Waals surface area (Å²) in [6.07, 6.45) is 0. The van der Waals surface area contributed by atoms with Gasteiger partial charge in [-0.15, -0.1) is 0 Å². The summed E-state index contributed by atoms with van der Waals surface area (Å²) in [6.45, 7) is 0. The first-order valence-corrected chi connectivity index (χ1v) is 14.1. The normalized spacial score (nSPS) is 12.4. The first-order chi connectivity index (χ1) is 20.4. The Morgan fingerprint density at radius 3 is 1.49 bits per heavy atom. The second-order valence-corrected chi connectivity index (χ2v) is 11.0. The fourth-order valence-electron chi connectivity index (χ4n) is 7.26. The summed E-state index contributed by atoms with van der Waals surface area (Å²) >= 11 is 0. The van der Waals surface area contributed by atoms with Crippen LogP contribution < -0.4 is 0 Å². The Labute approximate surface area is 235 Å². The SMILES string of the molecule is c1ccc2c(c1)c1ccccc1n2-c1ccc(-c2ccc3c4c5ccccc5n5c6ccccc6n(c3c2)c45)cc1. The molecule has 41 heavy (non-hydrogen) atoms. The van der Waals surface area contributed by atoms with E-state index in [4.69, 9.17) is 0 Å². The molecule has 10 rings (SSSR count). The van der Waals surface area contributed by atoms with Gasteiger partial charge in [-0.05, 0) is 59.7 Å². The molecule has 0 fully saturated rings. The van der Waals surface area contributed by atoms with Crippen molar-refractivity contribution in [3.8, 4) is 16.8 Å². The zero-order chi connectivity index (χ0) is 26.7. The maximum atomic E-state index is 2.45. The molecule has 190 valence electrons. The Bertz CT molecular complexity index is 2570. The highest BCUT2D eigenvalue weighted by Crippen LogP contribution is 2.42. The lowest BCUT2D eigenvalue weighted by Gasteiger charge is -2.10. The Hall–Kier alpha value is -5.54. The highest BCUT2D eigenvalue weighted by Gasteiger charge is 2.22. The minimum atomic E-state index is 1.17. The topological polar surface area (TPSA) is 13.8 Å². The lowest BCUT2D eigenvalue weighted by molar-refractivity contribution is 1.18. The molecule has 0 N–H and O–H groups in total. The van der Waals surface area contributed by atoms with Crippen LogP contribution in [0.25, 0.3) is 82.5 Å². The predicted molar refractivity (Wildman–Crippen MR) is 172 cm³/mol. The Morgan fingerprint density at radius 1 is 0.341 bits per heavy atom. The molecule has 6 aromatic carbocycles. The molecule has 0 aliphatic rings. The fraction of sp³-hybridized carbons (Fsp3) is 0. The minimum absolute atomic E-state index is 1.17. The summed E-state index contributed by atoms with van der Waals surface area (Å²) in [4.78, 5) is 0. The molecule has 0 atom stereocenters. The monoisotopic (exact) mass is 521 g/mol. The Balaban J connectivity index is 1.19. The minimum Gasteiger partial charge on any atom is -0.309 e. The third-order valence-corrected chi connectivity index (χ3v) is 8.97. The largest absolute Gasteiger partial charge is 0.309 e. The summed E-state index contributed by atoms with van der Waals surface area (Å²) in [5, 5.41) is 6.51. The van der Waals surface area contributed by atoms with Crippen molar-refractivity contribution >= 4 is 65.7 Å². The van der Waals surface area contributed by atoms with Crippen molar-refractivity contribution in [2.75, 3.05) is 0 Å². The number of benzene rings is 6. The summed E-state index contributed by atoms with van der Waals surface area (Å²) in [6, 6.07) is 50.9. The van der Waals surface area contributed by atoms with Crippen LogP contribution in [0.2, 0.25) is 0 Å². The smallest absolute Gasteiger partial charge is 0.131 e. The molecule has 0 spiro atoms. The molecule has 0 radical (unpaired) electrons. The van der Waals surface area contributed by atoms with E-state index in [-0.39, 0.29) is 0 Å². The first kappa shape index (κ1) is 21.3. The molecule has 4 aromatic heterocycles. The van der Waals surface area contributed by atoms with E-state index in [0.29, 0.717) is 0 Å². The van der Waals surface area contributed by atoms with Gasteiger partial charge in [0.25, 0.3) is 0 Å². The molecule has 3 nitrogen and oxygen atoms in total. The van der Waals surface area contributed by atoms with Gasteiger partial charge in [0, 0.05) is 32.6 Å². The second-order valence-electron chi connectivity index (χ2n) is 11.0. The van der Waals surface area contributed by atoms with Crippen LogP contribution in [-0.4, -0.2) is 13.4 Å². The molecule has 0 saturated carbocycles. The molecule has 4 heterocycles. The van der Waals surface area contributed by atoms with Gasteiger partial charge < -0.3 is 4.57 Å². The van der Waals surface area contributed by atoms with E-state index in [0.717, 1.165) is 0 Å². The molecule has 3 heteroatoms. The maximum Gasteiger partial charge on any atom is 0.131 e. The van der Waals surface area contributed by atoms with Gasteiger partial charge in [0.1, 0.15) is 5.65 Å². The van der Waals surface area contributed by atoms with E-state index in [2.05, 4.69) is 153 Å². The number of para-hydroxylation sites is 5. The molecule has 0 amide bonds. The van der Waals surface area contributed by atoms with E-state index >= 15 is 0 Å². The van der Waals surface area contributed by atoms with Gasteiger partial charge in [0.05, 0.1) is 33.1 Å². The van der Waals surface area contributed by atoms with Crippen molar-refractivity contribution in [2.24, 2.45) is 0 Å². The molecular weight excluding hydrogens is 498 g/mol. The summed E-state index contributed by atoms with van der Waals surface area (Å²) in [5.41, 5.74) is 12.4. The number of aromatic nitrogens is 3. The summed E-state index contributed by atoms with van der Waals surface area (Å²) < 4.78 is 7.26. The van der Waals surface area contributed by atoms with Crippen LogP contribution in [0.15, 0.2) is 140 Å². The van der Waals surface area contributed by atoms with Gasteiger partial charge in [-0.25, -0.2) is 0 Å². The fourth-order valence-corrected chi connectivity index (χ4v) is 7.26. The van der Waals surface area contributed by atoms with Crippen LogP contribution in [0.5, 0.6) is 0 Å².